The number of hydrogen-bond donors (Lipinski definition) is 3. The Balaban J connectivity index is 2.23. The van der Waals surface area contributed by atoms with Crippen molar-refractivity contribution in [3.8, 4) is 0 Å². The number of nitrogen functional groups attached to an aromatic ring is 2. The molecule has 1 heterocycles. The molecule has 1 aliphatic carbocycles. The smallest absolute Gasteiger partial charge is 0.221 e. The normalized spacial score (nSPS) is 21.7. The van der Waals surface area contributed by atoms with Crippen LogP contribution >= 0.6 is 0 Å². The average molecular weight is 292 g/mol. The van der Waals surface area contributed by atoms with Gasteiger partial charge in [-0.25, -0.2) is 4.98 Å². The summed E-state index contributed by atoms with van der Waals surface area (Å²) in [6.07, 6.45) is 6.52. The van der Waals surface area contributed by atoms with Crippen LogP contribution in [0.15, 0.2) is 29.7 Å². The second kappa shape index (κ2) is 6.11. The highest BCUT2D eigenvalue weighted by molar-refractivity contribution is 5.46. The lowest BCUT2D eigenvalue weighted by atomic mass is 9.88. The molecule has 0 aromatic carbocycles. The molecule has 0 saturated carbocycles. The highest BCUT2D eigenvalue weighted by Gasteiger charge is 2.36. The molecule has 0 radical (unpaired) electrons. The first kappa shape index (κ1) is 15.3. The van der Waals surface area contributed by atoms with E-state index in [1.54, 1.807) is 20.4 Å². The van der Waals surface area contributed by atoms with Gasteiger partial charge >= 0.3 is 0 Å². The number of nitrogens with zero attached hydrogens (tertiary/aromatic N) is 2. The zero-order chi connectivity index (χ0) is 15.5. The number of aliphatic hydroxyl groups excluding tert-OH is 1. The van der Waals surface area contributed by atoms with E-state index in [2.05, 4.69) is 9.97 Å². The second-order valence-electron chi connectivity index (χ2n) is 4.87. The van der Waals surface area contributed by atoms with E-state index in [9.17, 15) is 5.11 Å². The van der Waals surface area contributed by atoms with Crippen molar-refractivity contribution in [2.24, 2.45) is 0 Å². The first-order chi connectivity index (χ1) is 10.0. The number of rotatable bonds is 5. The third-order valence-electron chi connectivity index (χ3n) is 3.64. The highest BCUT2D eigenvalue weighted by atomic mass is 16.5. The Hall–Kier alpha value is -2.12. The fourth-order valence-electron chi connectivity index (χ4n) is 2.30. The number of anilines is 2. The summed E-state index contributed by atoms with van der Waals surface area (Å²) in [5.74, 6) is 1.10. The Morgan fingerprint density at radius 3 is 2.71 bits per heavy atom. The minimum Gasteiger partial charge on any atom is -0.498 e. The summed E-state index contributed by atoms with van der Waals surface area (Å²) in [5.41, 5.74) is 12.3. The van der Waals surface area contributed by atoms with Gasteiger partial charge in [-0.15, -0.1) is 0 Å². The number of ether oxygens (including phenoxy) is 2. The van der Waals surface area contributed by atoms with Crippen LogP contribution in [-0.2, 0) is 15.9 Å². The van der Waals surface area contributed by atoms with E-state index in [1.165, 1.54) is 0 Å². The fourth-order valence-corrected chi connectivity index (χ4v) is 2.30. The molecule has 5 N–H and O–H groups in total. The quantitative estimate of drug-likeness (QED) is 0.720. The number of hydrogen-bond acceptors (Lipinski definition) is 7. The first-order valence-corrected chi connectivity index (χ1v) is 6.52. The lowest BCUT2D eigenvalue weighted by Gasteiger charge is -2.33. The minimum atomic E-state index is -0.818. The van der Waals surface area contributed by atoms with Crippen LogP contribution < -0.4 is 11.5 Å². The van der Waals surface area contributed by atoms with Crippen LogP contribution in [0.1, 0.15) is 12.0 Å². The van der Waals surface area contributed by atoms with Crippen molar-refractivity contribution in [2.45, 2.75) is 18.4 Å². The number of nitrogens with two attached hydrogens (primary N) is 2. The molecule has 1 aromatic rings. The van der Waals surface area contributed by atoms with E-state index in [0.717, 1.165) is 11.1 Å². The number of allylic oxidation sites excluding steroid dienone is 2. The third kappa shape index (κ3) is 2.98. The Morgan fingerprint density at radius 1 is 1.38 bits per heavy atom. The van der Waals surface area contributed by atoms with E-state index in [1.807, 2.05) is 12.2 Å². The maximum Gasteiger partial charge on any atom is 0.221 e. The third-order valence-corrected chi connectivity index (χ3v) is 3.64. The van der Waals surface area contributed by atoms with Gasteiger partial charge in [-0.2, -0.15) is 4.98 Å². The van der Waals surface area contributed by atoms with E-state index in [0.29, 0.717) is 24.4 Å². The second-order valence-corrected chi connectivity index (χ2v) is 4.87. The zero-order valence-corrected chi connectivity index (χ0v) is 12.2. The van der Waals surface area contributed by atoms with Crippen molar-refractivity contribution < 1.29 is 14.6 Å². The summed E-state index contributed by atoms with van der Waals surface area (Å²) in [6.45, 7) is -0.153. The van der Waals surface area contributed by atoms with Crippen molar-refractivity contribution in [1.82, 2.24) is 9.97 Å². The van der Waals surface area contributed by atoms with E-state index in [-0.39, 0.29) is 12.6 Å². The molecular formula is C14H20N4O3. The molecule has 0 bridgehead atoms. The Morgan fingerprint density at radius 2 is 2.14 bits per heavy atom. The van der Waals surface area contributed by atoms with Crippen molar-refractivity contribution in [3.05, 3.63) is 35.2 Å². The lowest BCUT2D eigenvalue weighted by Crippen LogP contribution is -2.39. The van der Waals surface area contributed by atoms with Crippen LogP contribution in [0.5, 0.6) is 0 Å². The molecule has 114 valence electrons. The molecule has 7 nitrogen and oxygen atoms in total. The van der Waals surface area contributed by atoms with Crippen molar-refractivity contribution >= 4 is 11.8 Å². The molecule has 1 unspecified atom stereocenters. The van der Waals surface area contributed by atoms with Crippen LogP contribution in [-0.4, -0.2) is 41.5 Å². The van der Waals surface area contributed by atoms with Crippen LogP contribution in [0.25, 0.3) is 0 Å². The maximum atomic E-state index is 9.56. The molecular weight excluding hydrogens is 272 g/mol. The molecule has 0 fully saturated rings. The summed E-state index contributed by atoms with van der Waals surface area (Å²) < 4.78 is 10.8. The molecule has 2 rings (SSSR count). The van der Waals surface area contributed by atoms with E-state index >= 15 is 0 Å². The van der Waals surface area contributed by atoms with Gasteiger partial charge in [0.1, 0.15) is 11.6 Å². The van der Waals surface area contributed by atoms with Gasteiger partial charge in [-0.1, -0.05) is 6.08 Å². The number of aliphatic hydroxyl groups is 1. The van der Waals surface area contributed by atoms with E-state index in [4.69, 9.17) is 20.9 Å². The Labute approximate surface area is 123 Å². The predicted octanol–water partition coefficient (Wildman–Crippen LogP) is 0.421. The summed E-state index contributed by atoms with van der Waals surface area (Å²) in [6, 6.07) is 0. The molecule has 21 heavy (non-hydrogen) atoms. The molecule has 7 heteroatoms. The van der Waals surface area contributed by atoms with Crippen molar-refractivity contribution in [3.63, 3.8) is 0 Å². The molecule has 1 aromatic heterocycles. The van der Waals surface area contributed by atoms with Crippen LogP contribution in [0.3, 0.4) is 0 Å². The molecule has 1 aliphatic rings. The van der Waals surface area contributed by atoms with E-state index < -0.39 is 5.60 Å². The van der Waals surface area contributed by atoms with Gasteiger partial charge in [0.05, 0.1) is 13.7 Å². The maximum absolute atomic E-state index is 9.56. The molecule has 0 saturated heterocycles. The summed E-state index contributed by atoms with van der Waals surface area (Å²) in [7, 11) is 3.10. The predicted molar refractivity (Wildman–Crippen MR) is 79.2 cm³/mol. The summed E-state index contributed by atoms with van der Waals surface area (Å²) >= 11 is 0. The average Bonchev–Trinajstić information content (AvgIpc) is 2.50. The van der Waals surface area contributed by atoms with Crippen molar-refractivity contribution in [1.29, 1.82) is 0 Å². The molecule has 0 amide bonds. The highest BCUT2D eigenvalue weighted by Crippen LogP contribution is 2.32. The minimum absolute atomic E-state index is 0.153. The molecule has 0 spiro atoms. The standard InChI is InChI=1S/C14H20N4O3/c1-20-11-6-9(3-4-14(11,8-19)21-2)5-10-7-17-13(16)18-12(10)15/h3,6-7,19H,4-5,8H2,1-2H3,(H4,15,16,17,18). The number of methoxy groups -OCH3 is 2. The van der Waals surface area contributed by atoms with Gasteiger partial charge in [-0.05, 0) is 11.6 Å². The van der Waals surface area contributed by atoms with Crippen LogP contribution in [0.2, 0.25) is 0 Å². The van der Waals surface area contributed by atoms with Gasteiger partial charge in [0.2, 0.25) is 5.95 Å². The Kier molecular flexibility index (Phi) is 4.44. The SMILES string of the molecule is COC1=CC(Cc2cnc(N)nc2N)=CCC1(CO)OC. The van der Waals surface area contributed by atoms with Crippen LogP contribution in [0.4, 0.5) is 11.8 Å². The van der Waals surface area contributed by atoms with Gasteiger partial charge in [0, 0.05) is 31.7 Å². The van der Waals surface area contributed by atoms with Gasteiger partial charge < -0.3 is 26.0 Å². The monoisotopic (exact) mass is 292 g/mol. The topological polar surface area (TPSA) is 117 Å². The lowest BCUT2D eigenvalue weighted by molar-refractivity contribution is -0.0550. The first-order valence-electron chi connectivity index (χ1n) is 6.52. The zero-order valence-electron chi connectivity index (χ0n) is 12.2. The Bertz CT molecular complexity index is 580. The van der Waals surface area contributed by atoms with Gasteiger partial charge in [0.15, 0.2) is 5.60 Å². The number of aromatic nitrogens is 2. The molecule has 1 atom stereocenters. The molecule has 0 aliphatic heterocycles. The van der Waals surface area contributed by atoms with Crippen molar-refractivity contribution in [2.75, 3.05) is 32.3 Å². The largest absolute Gasteiger partial charge is 0.498 e. The van der Waals surface area contributed by atoms with Gasteiger partial charge in [-0.3, -0.25) is 0 Å². The summed E-state index contributed by atoms with van der Waals surface area (Å²) in [4.78, 5) is 7.89. The summed E-state index contributed by atoms with van der Waals surface area (Å²) in [5, 5.41) is 9.56. The fraction of sp³-hybridized carbons (Fsp3) is 0.429. The van der Waals surface area contributed by atoms with Crippen LogP contribution in [0, 0.1) is 0 Å². The van der Waals surface area contributed by atoms with Gasteiger partial charge in [0.25, 0.3) is 0 Å².